The summed E-state index contributed by atoms with van der Waals surface area (Å²) in [5.41, 5.74) is 2.34. The number of ketones is 1. The van der Waals surface area contributed by atoms with Gasteiger partial charge in [0, 0.05) is 35.8 Å². The molecule has 0 bridgehead atoms. The number of aromatic nitrogens is 1. The van der Waals surface area contributed by atoms with Gasteiger partial charge in [-0.2, -0.15) is 0 Å². The van der Waals surface area contributed by atoms with Crippen molar-refractivity contribution in [2.75, 3.05) is 25.0 Å². The average Bonchev–Trinajstić information content (AvgIpc) is 3.36. The van der Waals surface area contributed by atoms with E-state index in [1.54, 1.807) is 6.07 Å². The summed E-state index contributed by atoms with van der Waals surface area (Å²) in [6.07, 6.45) is 8.50. The van der Waals surface area contributed by atoms with Crippen LogP contribution in [-0.4, -0.2) is 46.4 Å². The van der Waals surface area contributed by atoms with E-state index >= 15 is 4.39 Å². The molecule has 5 rings (SSSR count). The molecule has 2 heterocycles. The van der Waals surface area contributed by atoms with Crippen LogP contribution in [0.15, 0.2) is 30.5 Å². The first-order chi connectivity index (χ1) is 17.3. The van der Waals surface area contributed by atoms with Crippen molar-refractivity contribution in [2.45, 2.75) is 51.5 Å². The van der Waals surface area contributed by atoms with Crippen LogP contribution in [0.1, 0.15) is 55.8 Å². The van der Waals surface area contributed by atoms with Crippen LogP contribution in [0.4, 0.5) is 10.1 Å². The quantitative estimate of drug-likeness (QED) is 0.299. The monoisotopic (exact) mass is 565 g/mol. The summed E-state index contributed by atoms with van der Waals surface area (Å²) in [4.78, 5) is 19.5. The normalized spacial score (nSPS) is 20.1. The number of benzene rings is 2. The number of fused-ring (bicyclic) bond motifs is 1. The molecular weight excluding hydrogens is 536 g/mol. The first-order valence-corrected chi connectivity index (χ1v) is 13.4. The summed E-state index contributed by atoms with van der Waals surface area (Å²) in [5, 5.41) is 14.3. The Labute approximate surface area is 232 Å². The van der Waals surface area contributed by atoms with Gasteiger partial charge in [-0.05, 0) is 88.2 Å². The Hall–Kier alpha value is -2.12. The van der Waals surface area contributed by atoms with E-state index in [-0.39, 0.29) is 45.6 Å². The van der Waals surface area contributed by atoms with Crippen molar-refractivity contribution >= 4 is 58.0 Å². The van der Waals surface area contributed by atoms with Crippen molar-refractivity contribution < 1.29 is 14.3 Å². The van der Waals surface area contributed by atoms with E-state index in [0.29, 0.717) is 33.6 Å². The third kappa shape index (κ3) is 5.98. The lowest BCUT2D eigenvalue weighted by Gasteiger charge is -2.32. The molecule has 3 aromatic rings. The van der Waals surface area contributed by atoms with Gasteiger partial charge in [0.25, 0.3) is 0 Å². The first kappa shape index (κ1) is 27.9. The van der Waals surface area contributed by atoms with Gasteiger partial charge >= 0.3 is 0 Å². The molecule has 1 saturated heterocycles. The van der Waals surface area contributed by atoms with E-state index in [4.69, 9.17) is 23.2 Å². The molecule has 2 aliphatic rings. The molecule has 5 nitrogen and oxygen atoms in total. The molecule has 0 spiro atoms. The molecule has 0 atom stereocenters. The van der Waals surface area contributed by atoms with Gasteiger partial charge in [0.2, 0.25) is 0 Å². The Bertz CT molecular complexity index is 1280. The van der Waals surface area contributed by atoms with Crippen LogP contribution in [0.2, 0.25) is 10.0 Å². The van der Waals surface area contributed by atoms with Crippen molar-refractivity contribution in [3.05, 3.63) is 51.9 Å². The molecule has 0 radical (unpaired) electrons. The number of phenols is 1. The molecule has 1 aliphatic heterocycles. The number of halogens is 4. The van der Waals surface area contributed by atoms with Gasteiger partial charge < -0.3 is 15.3 Å². The largest absolute Gasteiger partial charge is 0.505 e. The molecule has 2 fully saturated rings. The second-order valence-electron chi connectivity index (χ2n) is 10.1. The number of anilines is 1. The van der Waals surface area contributed by atoms with Gasteiger partial charge in [-0.25, -0.2) is 4.39 Å². The number of carbonyl (C=O) groups excluding carboxylic acids is 1. The molecule has 0 amide bonds. The topological polar surface area (TPSA) is 65.5 Å². The summed E-state index contributed by atoms with van der Waals surface area (Å²) in [5.74, 6) is -0.119. The highest BCUT2D eigenvalue weighted by Crippen LogP contribution is 2.40. The fourth-order valence-corrected chi connectivity index (χ4v) is 6.09. The van der Waals surface area contributed by atoms with Crippen LogP contribution < -0.4 is 5.32 Å². The number of carbonyl (C=O) groups is 1. The minimum absolute atomic E-state index is 0. The smallest absolute Gasteiger partial charge is 0.163 e. The molecule has 0 unspecified atom stereocenters. The van der Waals surface area contributed by atoms with Crippen LogP contribution in [-0.2, 0) is 0 Å². The van der Waals surface area contributed by atoms with E-state index < -0.39 is 5.82 Å². The molecule has 198 valence electrons. The van der Waals surface area contributed by atoms with Crippen LogP contribution in [0.25, 0.3) is 22.0 Å². The zero-order valence-electron chi connectivity index (χ0n) is 20.7. The third-order valence-corrected chi connectivity index (χ3v) is 8.15. The standard InChI is InChI=1S/C28H30Cl2FN3O2.ClH/c1-16(35)22-14-32-26-13-25(31)20(18-10-23(29)28(36)24(30)11-18)12-21(26)27(22)33-19-6-4-17(5-7-19)15-34-8-2-3-9-34;/h10-14,17,19,36H,2-9,15H2,1H3,(H,32,33);1H. The predicted octanol–water partition coefficient (Wildman–Crippen LogP) is 7.74. The number of hydrogen-bond donors (Lipinski definition) is 2. The SMILES string of the molecule is CC(=O)c1cnc2cc(F)c(-c3cc(Cl)c(O)c(Cl)c3)cc2c1NC1CCC(CN2CCCC2)CC1.Cl. The van der Waals surface area contributed by atoms with Crippen molar-refractivity contribution in [1.82, 2.24) is 9.88 Å². The maximum Gasteiger partial charge on any atom is 0.163 e. The molecule has 37 heavy (non-hydrogen) atoms. The molecule has 2 aromatic carbocycles. The second-order valence-corrected chi connectivity index (χ2v) is 10.9. The fraction of sp³-hybridized carbons (Fsp3) is 0.429. The number of phenolic OH excluding ortho intramolecular Hbond substituents is 1. The number of hydrogen-bond acceptors (Lipinski definition) is 5. The predicted molar refractivity (Wildman–Crippen MR) is 151 cm³/mol. The van der Waals surface area contributed by atoms with Crippen LogP contribution in [0.5, 0.6) is 5.75 Å². The number of nitrogens with zero attached hydrogens (tertiary/aromatic N) is 2. The van der Waals surface area contributed by atoms with E-state index in [2.05, 4.69) is 15.2 Å². The highest BCUT2D eigenvalue weighted by Gasteiger charge is 2.26. The Balaban J connectivity index is 0.00000320. The van der Waals surface area contributed by atoms with Crippen molar-refractivity contribution in [3.8, 4) is 16.9 Å². The highest BCUT2D eigenvalue weighted by atomic mass is 35.5. The number of pyridine rings is 1. The summed E-state index contributed by atoms with van der Waals surface area (Å²) in [7, 11) is 0. The number of rotatable bonds is 6. The minimum atomic E-state index is -0.489. The maximum atomic E-state index is 15.1. The number of likely N-dealkylation sites (tertiary alicyclic amines) is 1. The Morgan fingerprint density at radius 2 is 1.76 bits per heavy atom. The summed E-state index contributed by atoms with van der Waals surface area (Å²) in [6, 6.07) is 6.23. The number of nitrogens with one attached hydrogen (secondary N) is 1. The molecule has 2 N–H and O–H groups in total. The Kier molecular flexibility index (Phi) is 8.85. The second kappa shape index (κ2) is 11.7. The average molecular weight is 567 g/mol. The van der Waals surface area contributed by atoms with Gasteiger partial charge in [-0.15, -0.1) is 12.4 Å². The number of Topliss-reactive ketones (excluding diaryl/α,β-unsaturated/α-hetero) is 1. The van der Waals surface area contributed by atoms with E-state index in [0.717, 1.165) is 25.7 Å². The van der Waals surface area contributed by atoms with Crippen molar-refractivity contribution in [3.63, 3.8) is 0 Å². The van der Waals surface area contributed by atoms with Gasteiger partial charge in [0.15, 0.2) is 11.5 Å². The van der Waals surface area contributed by atoms with E-state index in [1.807, 2.05) is 0 Å². The van der Waals surface area contributed by atoms with Gasteiger partial charge in [-0.3, -0.25) is 9.78 Å². The third-order valence-electron chi connectivity index (χ3n) is 7.57. The van der Waals surface area contributed by atoms with Gasteiger partial charge in [-0.1, -0.05) is 23.2 Å². The molecule has 9 heteroatoms. The molecule has 1 saturated carbocycles. The zero-order valence-corrected chi connectivity index (χ0v) is 23.0. The maximum absolute atomic E-state index is 15.1. The summed E-state index contributed by atoms with van der Waals surface area (Å²) < 4.78 is 15.1. The van der Waals surface area contributed by atoms with Crippen molar-refractivity contribution in [2.24, 2.45) is 5.92 Å². The highest BCUT2D eigenvalue weighted by molar-refractivity contribution is 6.37. The van der Waals surface area contributed by atoms with E-state index in [1.165, 1.54) is 63.8 Å². The molecular formula is C28H31Cl3FN3O2. The molecule has 1 aliphatic carbocycles. The number of aromatic hydroxyl groups is 1. The molecule has 1 aromatic heterocycles. The Morgan fingerprint density at radius 1 is 1.11 bits per heavy atom. The Morgan fingerprint density at radius 3 is 2.38 bits per heavy atom. The lowest BCUT2D eigenvalue weighted by molar-refractivity contribution is 0.101. The van der Waals surface area contributed by atoms with Crippen LogP contribution >= 0.6 is 35.6 Å². The van der Waals surface area contributed by atoms with Gasteiger partial charge in [0.05, 0.1) is 26.8 Å². The van der Waals surface area contributed by atoms with Crippen LogP contribution in [0.3, 0.4) is 0 Å². The van der Waals surface area contributed by atoms with E-state index in [9.17, 15) is 9.90 Å². The zero-order chi connectivity index (χ0) is 25.4. The minimum Gasteiger partial charge on any atom is -0.505 e. The first-order valence-electron chi connectivity index (χ1n) is 12.6. The lowest BCUT2D eigenvalue weighted by Crippen LogP contribution is -2.33. The lowest BCUT2D eigenvalue weighted by atomic mass is 9.85. The van der Waals surface area contributed by atoms with Crippen molar-refractivity contribution in [1.29, 1.82) is 0 Å². The fourth-order valence-electron chi connectivity index (χ4n) is 5.60. The summed E-state index contributed by atoms with van der Waals surface area (Å²) >= 11 is 12.2. The van der Waals surface area contributed by atoms with Crippen LogP contribution in [0, 0.1) is 11.7 Å². The van der Waals surface area contributed by atoms with Gasteiger partial charge in [0.1, 0.15) is 5.82 Å². The summed E-state index contributed by atoms with van der Waals surface area (Å²) in [6.45, 7) is 5.15.